The SMILES string of the molecule is CN(C)S(=O)(=O)N1CCOC2(CCN(C(=O)c3ccc4n[nH]nc4c3)CC2)C1. The summed E-state index contributed by atoms with van der Waals surface area (Å²) in [7, 11) is -0.409. The number of hydrogen-bond donors (Lipinski definition) is 1. The van der Waals surface area contributed by atoms with E-state index in [9.17, 15) is 13.2 Å². The van der Waals surface area contributed by atoms with Crippen LogP contribution in [0.2, 0.25) is 0 Å². The van der Waals surface area contributed by atoms with Crippen molar-refractivity contribution in [2.24, 2.45) is 0 Å². The fraction of sp³-hybridized carbons (Fsp3) is 0.588. The summed E-state index contributed by atoms with van der Waals surface area (Å²) in [4.78, 5) is 14.7. The second kappa shape index (κ2) is 7.07. The van der Waals surface area contributed by atoms with Crippen molar-refractivity contribution in [1.29, 1.82) is 0 Å². The highest BCUT2D eigenvalue weighted by Crippen LogP contribution is 2.32. The molecule has 4 rings (SSSR count). The molecule has 2 saturated heterocycles. The van der Waals surface area contributed by atoms with Crippen LogP contribution >= 0.6 is 0 Å². The van der Waals surface area contributed by atoms with Crippen LogP contribution in [0.1, 0.15) is 23.2 Å². The van der Waals surface area contributed by atoms with Gasteiger partial charge in [0.1, 0.15) is 11.0 Å². The number of H-pyrrole nitrogens is 1. The fourth-order valence-electron chi connectivity index (χ4n) is 3.81. The number of carbonyl (C=O) groups is 1. The molecule has 28 heavy (non-hydrogen) atoms. The summed E-state index contributed by atoms with van der Waals surface area (Å²) < 4.78 is 33.7. The van der Waals surface area contributed by atoms with Crippen molar-refractivity contribution in [2.75, 3.05) is 46.9 Å². The lowest BCUT2D eigenvalue weighted by Gasteiger charge is -2.47. The van der Waals surface area contributed by atoms with Crippen LogP contribution in [0.4, 0.5) is 0 Å². The number of benzene rings is 1. The van der Waals surface area contributed by atoms with E-state index in [1.807, 2.05) is 0 Å². The maximum atomic E-state index is 12.9. The molecule has 2 aliphatic heterocycles. The lowest BCUT2D eigenvalue weighted by Crippen LogP contribution is -2.59. The number of nitrogens with one attached hydrogen (secondary N) is 1. The molecule has 1 aromatic carbocycles. The normalized spacial score (nSPS) is 20.9. The average molecular weight is 408 g/mol. The third kappa shape index (κ3) is 3.39. The smallest absolute Gasteiger partial charge is 0.281 e. The number of carbonyl (C=O) groups excluding carboxylic acids is 1. The molecule has 1 N–H and O–H groups in total. The second-order valence-corrected chi connectivity index (χ2v) is 9.62. The molecule has 0 radical (unpaired) electrons. The number of piperidine rings is 1. The predicted molar refractivity (Wildman–Crippen MR) is 102 cm³/mol. The van der Waals surface area contributed by atoms with Crippen molar-refractivity contribution < 1.29 is 17.9 Å². The van der Waals surface area contributed by atoms with E-state index < -0.39 is 15.8 Å². The van der Waals surface area contributed by atoms with Crippen molar-refractivity contribution in [3.63, 3.8) is 0 Å². The standard InChI is InChI=1S/C17H24N6O4S/c1-21(2)28(25,26)23-9-10-27-17(12-23)5-7-22(8-6-17)16(24)13-3-4-14-15(11-13)19-20-18-14/h3-4,11H,5-10,12H2,1-2H3,(H,18,19,20). The molecule has 0 saturated carbocycles. The summed E-state index contributed by atoms with van der Waals surface area (Å²) in [6.45, 7) is 2.07. The molecule has 1 amide bonds. The van der Waals surface area contributed by atoms with E-state index in [0.717, 1.165) is 0 Å². The lowest BCUT2D eigenvalue weighted by atomic mass is 9.89. The zero-order valence-electron chi connectivity index (χ0n) is 16.0. The highest BCUT2D eigenvalue weighted by molar-refractivity contribution is 7.86. The molecule has 1 spiro atoms. The molecule has 2 aromatic rings. The van der Waals surface area contributed by atoms with Gasteiger partial charge in [0.2, 0.25) is 0 Å². The van der Waals surface area contributed by atoms with E-state index in [4.69, 9.17) is 4.74 Å². The van der Waals surface area contributed by atoms with Crippen molar-refractivity contribution in [3.05, 3.63) is 23.8 Å². The molecular formula is C17H24N6O4S. The van der Waals surface area contributed by atoms with Gasteiger partial charge in [-0.2, -0.15) is 32.4 Å². The Kier molecular flexibility index (Phi) is 4.86. The number of nitrogens with zero attached hydrogens (tertiary/aromatic N) is 5. The molecule has 2 aliphatic rings. The number of morpholine rings is 1. The van der Waals surface area contributed by atoms with E-state index in [1.54, 1.807) is 23.1 Å². The Hall–Kier alpha value is -2.08. The third-order valence-electron chi connectivity index (χ3n) is 5.53. The number of amides is 1. The first-order valence-corrected chi connectivity index (χ1v) is 10.6. The van der Waals surface area contributed by atoms with Crippen molar-refractivity contribution in [2.45, 2.75) is 18.4 Å². The Morgan fingerprint density at radius 1 is 1.18 bits per heavy atom. The van der Waals surface area contributed by atoms with E-state index in [-0.39, 0.29) is 5.91 Å². The van der Waals surface area contributed by atoms with Gasteiger partial charge in [-0.05, 0) is 31.0 Å². The highest BCUT2D eigenvalue weighted by atomic mass is 32.2. The maximum Gasteiger partial charge on any atom is 0.281 e. The van der Waals surface area contributed by atoms with Crippen LogP contribution in [0, 0.1) is 0 Å². The number of rotatable bonds is 3. The number of aromatic amines is 1. The van der Waals surface area contributed by atoms with E-state index in [1.165, 1.54) is 22.7 Å². The molecule has 0 aliphatic carbocycles. The minimum atomic E-state index is -3.47. The number of fused-ring (bicyclic) bond motifs is 1. The predicted octanol–water partition coefficient (Wildman–Crippen LogP) is 0.0713. The van der Waals surface area contributed by atoms with Gasteiger partial charge in [-0.25, -0.2) is 0 Å². The Morgan fingerprint density at radius 3 is 2.61 bits per heavy atom. The van der Waals surface area contributed by atoms with Crippen LogP contribution in [-0.4, -0.2) is 95.7 Å². The van der Waals surface area contributed by atoms with Crippen LogP contribution < -0.4 is 0 Å². The van der Waals surface area contributed by atoms with E-state index in [2.05, 4.69) is 15.4 Å². The van der Waals surface area contributed by atoms with Crippen molar-refractivity contribution >= 4 is 27.1 Å². The summed E-state index contributed by atoms with van der Waals surface area (Å²) in [6, 6.07) is 5.25. The summed E-state index contributed by atoms with van der Waals surface area (Å²) in [5, 5.41) is 10.6. The van der Waals surface area contributed by atoms with Crippen LogP contribution in [0.5, 0.6) is 0 Å². The van der Waals surface area contributed by atoms with Gasteiger partial charge in [-0.3, -0.25) is 4.79 Å². The average Bonchev–Trinajstić information content (AvgIpc) is 3.16. The van der Waals surface area contributed by atoms with Crippen LogP contribution in [0.15, 0.2) is 18.2 Å². The fourth-order valence-corrected chi connectivity index (χ4v) is 4.98. The Bertz CT molecular complexity index is 980. The van der Waals surface area contributed by atoms with Crippen LogP contribution in [0.3, 0.4) is 0 Å². The van der Waals surface area contributed by atoms with Crippen LogP contribution in [-0.2, 0) is 14.9 Å². The number of likely N-dealkylation sites (tertiary alicyclic amines) is 1. The molecule has 0 atom stereocenters. The van der Waals surface area contributed by atoms with Gasteiger partial charge in [-0.15, -0.1) is 0 Å². The first-order valence-electron chi connectivity index (χ1n) is 9.22. The topological polar surface area (TPSA) is 112 Å². The van der Waals surface area contributed by atoms with Gasteiger partial charge in [-0.1, -0.05) is 0 Å². The summed E-state index contributed by atoms with van der Waals surface area (Å²) >= 11 is 0. The number of ether oxygens (including phenoxy) is 1. The molecule has 0 unspecified atom stereocenters. The third-order valence-corrected chi connectivity index (χ3v) is 7.41. The Morgan fingerprint density at radius 2 is 1.89 bits per heavy atom. The molecule has 152 valence electrons. The van der Waals surface area contributed by atoms with Gasteiger partial charge >= 0.3 is 0 Å². The van der Waals surface area contributed by atoms with Gasteiger partial charge in [0.25, 0.3) is 16.1 Å². The summed E-state index contributed by atoms with van der Waals surface area (Å²) in [5.41, 5.74) is 1.40. The molecule has 1 aromatic heterocycles. The van der Waals surface area contributed by atoms with Crippen molar-refractivity contribution in [3.8, 4) is 0 Å². The number of hydrogen-bond acceptors (Lipinski definition) is 6. The maximum absolute atomic E-state index is 12.9. The molecule has 2 fully saturated rings. The van der Waals surface area contributed by atoms with Crippen molar-refractivity contribution in [1.82, 2.24) is 28.9 Å². The van der Waals surface area contributed by atoms with E-state index >= 15 is 0 Å². The number of aromatic nitrogens is 3. The Balaban J connectivity index is 1.44. The molecule has 3 heterocycles. The quantitative estimate of drug-likeness (QED) is 0.769. The lowest BCUT2D eigenvalue weighted by molar-refractivity contribution is -0.116. The van der Waals surface area contributed by atoms with Gasteiger partial charge < -0.3 is 9.64 Å². The monoisotopic (exact) mass is 408 g/mol. The largest absolute Gasteiger partial charge is 0.372 e. The first-order chi connectivity index (χ1) is 13.3. The second-order valence-electron chi connectivity index (χ2n) is 7.47. The van der Waals surface area contributed by atoms with Gasteiger partial charge in [0.05, 0.1) is 12.2 Å². The Labute approximate surface area is 163 Å². The summed E-state index contributed by atoms with van der Waals surface area (Å²) in [6.07, 6.45) is 1.20. The zero-order chi connectivity index (χ0) is 19.9. The molecule has 10 nitrogen and oxygen atoms in total. The summed E-state index contributed by atoms with van der Waals surface area (Å²) in [5.74, 6) is -0.0617. The molecule has 11 heteroatoms. The highest BCUT2D eigenvalue weighted by Gasteiger charge is 2.44. The minimum Gasteiger partial charge on any atom is -0.372 e. The first kappa shape index (κ1) is 19.2. The minimum absolute atomic E-state index is 0.0617. The zero-order valence-corrected chi connectivity index (χ0v) is 16.8. The van der Waals surface area contributed by atoms with Crippen LogP contribution in [0.25, 0.3) is 11.0 Å². The molecular weight excluding hydrogens is 384 g/mol. The molecule has 0 bridgehead atoms. The van der Waals surface area contributed by atoms with Gasteiger partial charge in [0, 0.05) is 45.8 Å². The van der Waals surface area contributed by atoms with E-state index in [0.29, 0.717) is 62.2 Å². The van der Waals surface area contributed by atoms with Gasteiger partial charge in [0.15, 0.2) is 0 Å².